The van der Waals surface area contributed by atoms with Gasteiger partial charge in [-0.25, -0.2) is 13.2 Å². The topological polar surface area (TPSA) is 125 Å². The molecule has 1 aliphatic heterocycles. The Morgan fingerprint density at radius 2 is 1.66 bits per heavy atom. The summed E-state index contributed by atoms with van der Waals surface area (Å²) >= 11 is 1.32. The summed E-state index contributed by atoms with van der Waals surface area (Å²) in [4.78, 5) is 41.8. The van der Waals surface area contributed by atoms with Crippen molar-refractivity contribution in [2.75, 3.05) is 38.1 Å². The molecule has 3 amide bonds. The molecule has 41 heavy (non-hydrogen) atoms. The Morgan fingerprint density at radius 3 is 2.22 bits per heavy atom. The van der Waals surface area contributed by atoms with Crippen LogP contribution in [-0.2, 0) is 27.7 Å². The molecule has 226 valence electrons. The fourth-order valence-electron chi connectivity index (χ4n) is 4.80. The zero-order chi connectivity index (χ0) is 30.3. The second-order valence-corrected chi connectivity index (χ2v) is 14.0. The van der Waals surface area contributed by atoms with Crippen LogP contribution in [0.2, 0.25) is 0 Å². The molecule has 1 aromatic heterocycles. The predicted molar refractivity (Wildman–Crippen MR) is 161 cm³/mol. The molecule has 0 radical (unpaired) electrons. The summed E-state index contributed by atoms with van der Waals surface area (Å²) in [7, 11) is -3.74. The molecule has 3 rings (SSSR count). The maximum absolute atomic E-state index is 13.4. The molecular weight excluding hydrogens is 564 g/mol. The van der Waals surface area contributed by atoms with E-state index in [9.17, 15) is 22.8 Å². The molecule has 10 nitrogen and oxygen atoms in total. The number of ether oxygens (including phenoxy) is 1. The number of carbonyl (C=O) groups is 3. The molecule has 0 bridgehead atoms. The van der Waals surface area contributed by atoms with Crippen molar-refractivity contribution in [1.82, 2.24) is 14.5 Å². The maximum Gasteiger partial charge on any atom is 0.414 e. The molecule has 0 fully saturated rings. The van der Waals surface area contributed by atoms with Crippen LogP contribution in [0.25, 0.3) is 0 Å². The van der Waals surface area contributed by atoms with Gasteiger partial charge in [0.2, 0.25) is 10.0 Å². The Hall–Kier alpha value is -2.80. The number of fused-ring (bicyclic) bond motifs is 1. The van der Waals surface area contributed by atoms with Crippen LogP contribution in [0.3, 0.4) is 0 Å². The lowest BCUT2D eigenvalue weighted by atomic mass is 10.0. The van der Waals surface area contributed by atoms with Crippen LogP contribution in [0.1, 0.15) is 79.1 Å². The summed E-state index contributed by atoms with van der Waals surface area (Å²) in [5.74, 6) is -0.787. The van der Waals surface area contributed by atoms with Gasteiger partial charge in [-0.15, -0.1) is 11.3 Å². The van der Waals surface area contributed by atoms with Crippen molar-refractivity contribution >= 4 is 44.3 Å². The highest BCUT2D eigenvalue weighted by atomic mass is 32.2. The molecule has 0 unspecified atom stereocenters. The quantitative estimate of drug-likeness (QED) is 0.350. The van der Waals surface area contributed by atoms with Crippen molar-refractivity contribution in [3.05, 3.63) is 45.8 Å². The van der Waals surface area contributed by atoms with E-state index < -0.39 is 27.9 Å². The monoisotopic (exact) mass is 606 g/mol. The van der Waals surface area contributed by atoms with Crippen LogP contribution in [0.4, 0.5) is 9.80 Å². The maximum atomic E-state index is 13.4. The van der Waals surface area contributed by atoms with E-state index in [4.69, 9.17) is 4.74 Å². The van der Waals surface area contributed by atoms with E-state index in [-0.39, 0.29) is 34.5 Å². The van der Waals surface area contributed by atoms with E-state index in [0.717, 1.165) is 30.0 Å². The third-order valence-corrected chi connectivity index (χ3v) is 9.49. The molecule has 0 spiro atoms. The van der Waals surface area contributed by atoms with Gasteiger partial charge in [-0.1, -0.05) is 34.6 Å². The first-order chi connectivity index (χ1) is 19.4. The second kappa shape index (κ2) is 14.4. The zero-order valence-electron chi connectivity index (χ0n) is 24.8. The number of nitrogens with one attached hydrogen (secondary N) is 2. The third-order valence-electron chi connectivity index (χ3n) is 6.51. The minimum atomic E-state index is -3.74. The number of hydrogen-bond donors (Lipinski definition) is 2. The first-order valence-electron chi connectivity index (χ1n) is 14.1. The molecule has 2 N–H and O–H groups in total. The largest absolute Gasteiger partial charge is 0.450 e. The van der Waals surface area contributed by atoms with E-state index in [0.29, 0.717) is 31.1 Å². The fraction of sp³-hybridized carbons (Fsp3) is 0.552. The van der Waals surface area contributed by atoms with Crippen LogP contribution < -0.4 is 10.6 Å². The first-order valence-corrected chi connectivity index (χ1v) is 16.4. The second-order valence-electron chi connectivity index (χ2n) is 11.0. The average Bonchev–Trinajstić information content (AvgIpc) is 3.25. The van der Waals surface area contributed by atoms with Crippen LogP contribution in [0, 0.1) is 11.8 Å². The number of anilines is 1. The van der Waals surface area contributed by atoms with Gasteiger partial charge in [0.05, 0.1) is 17.1 Å². The number of imide groups is 1. The molecule has 0 atom stereocenters. The summed E-state index contributed by atoms with van der Waals surface area (Å²) < 4.78 is 33.1. The van der Waals surface area contributed by atoms with Gasteiger partial charge in [-0.2, -0.15) is 4.31 Å². The summed E-state index contributed by atoms with van der Waals surface area (Å²) in [6, 6.07) is 5.82. The Bertz CT molecular complexity index is 1330. The molecule has 0 saturated heterocycles. The Morgan fingerprint density at radius 1 is 1.02 bits per heavy atom. The first kappa shape index (κ1) is 32.7. The molecule has 12 heteroatoms. The minimum Gasteiger partial charge on any atom is -0.450 e. The Kier molecular flexibility index (Phi) is 11.5. The van der Waals surface area contributed by atoms with E-state index in [1.807, 2.05) is 27.7 Å². The summed E-state index contributed by atoms with van der Waals surface area (Å²) in [5.41, 5.74) is 1.33. The molecule has 1 aromatic carbocycles. The van der Waals surface area contributed by atoms with Crippen molar-refractivity contribution in [1.29, 1.82) is 0 Å². The summed E-state index contributed by atoms with van der Waals surface area (Å²) in [5, 5.41) is 5.44. The molecule has 0 saturated carbocycles. The zero-order valence-corrected chi connectivity index (χ0v) is 26.4. The molecular formula is C29H42N4O6S2. The number of hydrogen-bond acceptors (Lipinski definition) is 8. The number of nitrogens with zero attached hydrogens (tertiary/aromatic N) is 2. The number of carbonyl (C=O) groups excluding carboxylic acids is 3. The highest BCUT2D eigenvalue weighted by molar-refractivity contribution is 7.89. The summed E-state index contributed by atoms with van der Waals surface area (Å²) in [6.45, 7) is 14.9. The predicted octanol–water partition coefficient (Wildman–Crippen LogP) is 4.96. The van der Waals surface area contributed by atoms with Crippen molar-refractivity contribution < 1.29 is 27.5 Å². The van der Waals surface area contributed by atoms with Gasteiger partial charge in [-0.05, 0) is 68.0 Å². The van der Waals surface area contributed by atoms with Gasteiger partial charge in [-0.3, -0.25) is 19.8 Å². The van der Waals surface area contributed by atoms with Crippen LogP contribution in [0.15, 0.2) is 29.2 Å². The fourth-order valence-corrected chi connectivity index (χ4v) is 7.85. The molecule has 2 aromatic rings. The highest BCUT2D eigenvalue weighted by Gasteiger charge is 2.30. The van der Waals surface area contributed by atoms with Crippen molar-refractivity contribution in [3.63, 3.8) is 0 Å². The number of alkyl carbamates (subject to hydrolysis) is 1. The SMILES string of the molecule is CCCN1CCc2c(sc(NC(=O)c3ccc(S(=O)(=O)N(CC(C)C)CC(C)C)cc3)c2C(=O)NC(=O)OCC)C1. The Balaban J connectivity index is 1.87. The highest BCUT2D eigenvalue weighted by Crippen LogP contribution is 2.37. The average molecular weight is 607 g/mol. The molecule has 2 heterocycles. The number of rotatable bonds is 12. The summed E-state index contributed by atoms with van der Waals surface area (Å²) in [6.07, 6.45) is 0.765. The van der Waals surface area contributed by atoms with Crippen LogP contribution in [-0.4, -0.2) is 68.3 Å². The van der Waals surface area contributed by atoms with Crippen LogP contribution in [0.5, 0.6) is 0 Å². The smallest absolute Gasteiger partial charge is 0.414 e. The van der Waals surface area contributed by atoms with E-state index in [1.165, 1.54) is 39.9 Å². The van der Waals surface area contributed by atoms with Gasteiger partial charge in [0, 0.05) is 36.6 Å². The van der Waals surface area contributed by atoms with Gasteiger partial charge in [0.15, 0.2) is 0 Å². The Labute approximate surface area is 247 Å². The number of benzene rings is 1. The van der Waals surface area contributed by atoms with E-state index in [1.54, 1.807) is 6.92 Å². The lowest BCUT2D eigenvalue weighted by Crippen LogP contribution is -2.37. The molecule has 1 aliphatic rings. The normalized spacial score (nSPS) is 13.9. The van der Waals surface area contributed by atoms with Crippen LogP contribution >= 0.6 is 11.3 Å². The number of sulfonamides is 1. The number of amides is 3. The lowest BCUT2D eigenvalue weighted by molar-refractivity contribution is 0.0924. The van der Waals surface area contributed by atoms with Crippen molar-refractivity contribution in [3.8, 4) is 0 Å². The van der Waals surface area contributed by atoms with Gasteiger partial charge in [0.25, 0.3) is 11.8 Å². The van der Waals surface area contributed by atoms with E-state index >= 15 is 0 Å². The van der Waals surface area contributed by atoms with Crippen molar-refractivity contribution in [2.45, 2.75) is 65.8 Å². The minimum absolute atomic E-state index is 0.118. The van der Waals surface area contributed by atoms with E-state index in [2.05, 4.69) is 22.5 Å². The van der Waals surface area contributed by atoms with Gasteiger partial charge in [0.1, 0.15) is 5.00 Å². The van der Waals surface area contributed by atoms with Gasteiger partial charge < -0.3 is 10.1 Å². The van der Waals surface area contributed by atoms with Crippen molar-refractivity contribution in [2.24, 2.45) is 11.8 Å². The van der Waals surface area contributed by atoms with Gasteiger partial charge >= 0.3 is 6.09 Å². The lowest BCUT2D eigenvalue weighted by Gasteiger charge is -2.26. The number of thiophene rings is 1. The standard InChI is InChI=1S/C29H42N4O6S2/c1-7-14-32-15-13-23-24(18-32)40-28(25(23)27(35)31-29(36)39-8-2)30-26(34)21-9-11-22(12-10-21)41(37,38)33(16-19(3)4)17-20(5)6/h9-12,19-20H,7-8,13-18H2,1-6H3,(H,30,34)(H,31,35,36). The molecule has 0 aliphatic carbocycles. The third kappa shape index (κ3) is 8.37.